The summed E-state index contributed by atoms with van der Waals surface area (Å²) in [7, 11) is 0. The van der Waals surface area contributed by atoms with Crippen LogP contribution in [0.5, 0.6) is 0 Å². The minimum absolute atomic E-state index is 0. The van der Waals surface area contributed by atoms with E-state index in [1.54, 1.807) is 12.1 Å². The SMILES string of the molecule is CC1=[C-]C(C)C(C)=C1.CC1=[C-]C(C)C=C1C.CCCCC[Si](=[Zr+2])CCCCC.[Cl-].[Cl-]. The topological polar surface area (TPSA) is 0 Å². The van der Waals surface area contributed by atoms with E-state index in [-0.39, 0.29) is 30.2 Å². The Hall–Kier alpha value is 0.640. The molecule has 0 N–H and O–H groups in total. The molecule has 2 aliphatic rings. The summed E-state index contributed by atoms with van der Waals surface area (Å²) >= 11 is 1.87. The number of unbranched alkanes of at least 4 members (excludes halogenated alkanes) is 4. The molecule has 4 heteroatoms. The Morgan fingerprint density at radius 2 is 1.37 bits per heavy atom. The van der Waals surface area contributed by atoms with Crippen molar-refractivity contribution in [2.75, 3.05) is 0 Å². The van der Waals surface area contributed by atoms with Crippen LogP contribution in [0.4, 0.5) is 0 Å². The molecule has 0 bridgehead atoms. The quantitative estimate of drug-likeness (QED) is 0.250. The van der Waals surface area contributed by atoms with Crippen molar-refractivity contribution in [3.05, 3.63) is 46.6 Å². The van der Waals surface area contributed by atoms with Crippen LogP contribution in [-0.4, -0.2) is 5.43 Å². The molecule has 0 aromatic rings. The standard InChI is InChI=1S/C10H22Si.2C8H11.2ClH.Zr/c1-3-5-7-9-11-10-8-6-4-2;2*1-6-4-7(2)8(3)5-6;;;/h3-10H2,1-2H3;4,8H,1-3H3;4,6H,1-3H3;2*1H;/q;2*-1;;;+2/p-2. The molecule has 0 fully saturated rings. The number of rotatable bonds is 8. The number of hydrogen-bond donors (Lipinski definition) is 0. The third-order valence-electron chi connectivity index (χ3n) is 5.27. The minimum Gasteiger partial charge on any atom is -1.00 e. The molecule has 0 aromatic heterocycles. The van der Waals surface area contributed by atoms with Crippen molar-refractivity contribution in [2.24, 2.45) is 11.8 Å². The first-order valence-electron chi connectivity index (χ1n) is 11.3. The fourth-order valence-corrected chi connectivity index (χ4v) is 7.47. The fourth-order valence-electron chi connectivity index (χ4n) is 3.26. The first kappa shape index (κ1) is 35.2. The normalized spacial score (nSPS) is 18.9. The van der Waals surface area contributed by atoms with Gasteiger partial charge in [-0.1, -0.05) is 46.5 Å². The molecule has 2 rings (SSSR count). The van der Waals surface area contributed by atoms with Crippen LogP contribution in [0, 0.1) is 24.0 Å². The molecule has 0 saturated carbocycles. The predicted octanol–water partition coefficient (Wildman–Crippen LogP) is 2.58. The van der Waals surface area contributed by atoms with Gasteiger partial charge in [-0.15, -0.1) is 6.92 Å². The van der Waals surface area contributed by atoms with Crippen molar-refractivity contribution in [3.8, 4) is 0 Å². The van der Waals surface area contributed by atoms with Crippen molar-refractivity contribution in [1.82, 2.24) is 0 Å². The van der Waals surface area contributed by atoms with E-state index in [4.69, 9.17) is 0 Å². The van der Waals surface area contributed by atoms with Gasteiger partial charge in [-0.25, -0.2) is 22.8 Å². The zero-order valence-electron chi connectivity index (χ0n) is 20.7. The maximum Gasteiger partial charge on any atom is -1.00 e. The average Bonchev–Trinajstić information content (AvgIpc) is 3.07. The molecule has 0 saturated heterocycles. The Bertz CT molecular complexity index is 558. The van der Waals surface area contributed by atoms with Gasteiger partial charge in [-0.3, -0.25) is 12.2 Å². The van der Waals surface area contributed by atoms with E-state index in [2.05, 4.69) is 79.7 Å². The van der Waals surface area contributed by atoms with Crippen molar-refractivity contribution in [2.45, 2.75) is 106 Å². The Morgan fingerprint density at radius 1 is 0.867 bits per heavy atom. The fraction of sp³-hybridized carbons (Fsp3) is 0.692. The van der Waals surface area contributed by atoms with E-state index in [9.17, 15) is 0 Å². The van der Waals surface area contributed by atoms with E-state index in [1.807, 2.05) is 23.3 Å². The van der Waals surface area contributed by atoms with Crippen LogP contribution in [0.25, 0.3) is 0 Å². The van der Waals surface area contributed by atoms with Crippen LogP contribution in [0.2, 0.25) is 12.1 Å². The maximum atomic E-state index is 3.29. The first-order chi connectivity index (χ1) is 13.2. The van der Waals surface area contributed by atoms with Crippen molar-refractivity contribution in [1.29, 1.82) is 0 Å². The maximum absolute atomic E-state index is 3.29. The van der Waals surface area contributed by atoms with E-state index in [0.717, 1.165) is 0 Å². The average molecular weight is 547 g/mol. The smallest absolute Gasteiger partial charge is 1.00 e. The second kappa shape index (κ2) is 21.5. The van der Waals surface area contributed by atoms with Gasteiger partial charge in [0.1, 0.15) is 0 Å². The molecule has 30 heavy (non-hydrogen) atoms. The van der Waals surface area contributed by atoms with Gasteiger partial charge in [0.2, 0.25) is 0 Å². The van der Waals surface area contributed by atoms with Gasteiger partial charge in [0.15, 0.2) is 0 Å². The van der Waals surface area contributed by atoms with Gasteiger partial charge in [-0.05, 0) is 0 Å². The van der Waals surface area contributed by atoms with Crippen molar-refractivity contribution in [3.63, 3.8) is 0 Å². The van der Waals surface area contributed by atoms with Crippen molar-refractivity contribution >= 4 is 5.43 Å². The largest absolute Gasteiger partial charge is 1.00 e. The van der Waals surface area contributed by atoms with Gasteiger partial charge >= 0.3 is 93.2 Å². The summed E-state index contributed by atoms with van der Waals surface area (Å²) in [6.07, 6.45) is 19.7. The van der Waals surface area contributed by atoms with Crippen LogP contribution in [-0.2, 0) is 23.3 Å². The van der Waals surface area contributed by atoms with E-state index in [1.165, 1.54) is 60.8 Å². The van der Waals surface area contributed by atoms with Crippen LogP contribution in [0.15, 0.2) is 34.4 Å². The van der Waals surface area contributed by atoms with Crippen LogP contribution >= 0.6 is 0 Å². The second-order valence-corrected chi connectivity index (χ2v) is 15.8. The summed E-state index contributed by atoms with van der Waals surface area (Å²) in [5.41, 5.74) is 5.58. The predicted molar refractivity (Wildman–Crippen MR) is 125 cm³/mol. The molecule has 0 heterocycles. The molecule has 2 aliphatic carbocycles. The molecule has 0 amide bonds. The zero-order chi connectivity index (χ0) is 21.5. The molecule has 172 valence electrons. The summed E-state index contributed by atoms with van der Waals surface area (Å²) < 4.78 is 0. The second-order valence-electron chi connectivity index (χ2n) is 8.36. The van der Waals surface area contributed by atoms with E-state index >= 15 is 0 Å². The summed E-state index contributed by atoms with van der Waals surface area (Å²) in [6, 6.07) is 3.20. The Morgan fingerprint density at radius 3 is 1.57 bits per heavy atom. The van der Waals surface area contributed by atoms with Gasteiger partial charge < -0.3 is 24.8 Å². The minimum atomic E-state index is 0. The Kier molecular flexibility index (Phi) is 25.2. The number of halogens is 2. The van der Waals surface area contributed by atoms with Gasteiger partial charge in [0.05, 0.1) is 0 Å². The van der Waals surface area contributed by atoms with Gasteiger partial charge in [0.25, 0.3) is 0 Å². The van der Waals surface area contributed by atoms with Crippen LogP contribution in [0.3, 0.4) is 0 Å². The zero-order valence-corrected chi connectivity index (χ0v) is 25.7. The van der Waals surface area contributed by atoms with E-state index in [0.29, 0.717) is 11.8 Å². The van der Waals surface area contributed by atoms with Gasteiger partial charge in [0, 0.05) is 0 Å². The summed E-state index contributed by atoms with van der Waals surface area (Å²) in [6.45, 7) is 17.4. The number of allylic oxidation sites excluding steroid dienone is 8. The third kappa shape index (κ3) is 18.2. The molecule has 0 nitrogen and oxygen atoms in total. The Labute approximate surface area is 216 Å². The molecular formula is C26H44Cl2SiZr-2. The summed E-state index contributed by atoms with van der Waals surface area (Å²) in [4.78, 5) is 0. The molecule has 0 aliphatic heterocycles. The molecule has 0 aromatic carbocycles. The molecule has 0 radical (unpaired) electrons. The van der Waals surface area contributed by atoms with Crippen LogP contribution < -0.4 is 24.8 Å². The van der Waals surface area contributed by atoms with Crippen LogP contribution in [0.1, 0.15) is 93.9 Å². The third-order valence-corrected chi connectivity index (χ3v) is 10.9. The molecular weight excluding hydrogens is 503 g/mol. The summed E-state index contributed by atoms with van der Waals surface area (Å²) in [5, 5.41) is 0. The molecule has 0 spiro atoms. The first-order valence-corrected chi connectivity index (χ1v) is 16.9. The molecule has 2 unspecified atom stereocenters. The number of hydrogen-bond acceptors (Lipinski definition) is 0. The van der Waals surface area contributed by atoms with Gasteiger partial charge in [-0.2, -0.15) is 11.6 Å². The van der Waals surface area contributed by atoms with E-state index < -0.39 is 0 Å². The van der Waals surface area contributed by atoms with Crippen molar-refractivity contribution < 1.29 is 48.1 Å². The Balaban J connectivity index is -0.000000361. The summed E-state index contributed by atoms with van der Waals surface area (Å²) in [5.74, 6) is 1.12. The monoisotopic (exact) mass is 544 g/mol. The molecule has 2 atom stereocenters.